The van der Waals surface area contributed by atoms with Gasteiger partial charge in [0.05, 0.1) is 12.9 Å². The Labute approximate surface area is 204 Å². The molecule has 1 fully saturated rings. The van der Waals surface area contributed by atoms with Gasteiger partial charge in [0.15, 0.2) is 25.7 Å². The summed E-state index contributed by atoms with van der Waals surface area (Å²) in [4.78, 5) is 45.2. The number of imidazole rings is 1. The zero-order valence-electron chi connectivity index (χ0n) is 20.9. The molecular weight excluding hydrogens is 497 g/mol. The molecular formula is C20H34N5O8PSi. The summed E-state index contributed by atoms with van der Waals surface area (Å²) in [5.41, 5.74) is -0.554. The van der Waals surface area contributed by atoms with Crippen molar-refractivity contribution in [1.29, 1.82) is 0 Å². The number of aliphatic hydroxyl groups excluding tert-OH is 1. The van der Waals surface area contributed by atoms with Gasteiger partial charge in [-0.15, -0.1) is 0 Å². The van der Waals surface area contributed by atoms with Gasteiger partial charge in [-0.3, -0.25) is 33.5 Å². The van der Waals surface area contributed by atoms with Crippen LogP contribution in [0.1, 0.15) is 40.8 Å². The van der Waals surface area contributed by atoms with Gasteiger partial charge in [-0.1, -0.05) is 34.6 Å². The highest BCUT2D eigenvalue weighted by Gasteiger charge is 2.52. The first-order valence-electron chi connectivity index (χ1n) is 11.3. The van der Waals surface area contributed by atoms with Crippen LogP contribution in [0.15, 0.2) is 11.1 Å². The zero-order valence-corrected chi connectivity index (χ0v) is 22.9. The molecule has 3 rings (SSSR count). The number of nitrogens with zero attached hydrogens (tertiary/aromatic N) is 3. The van der Waals surface area contributed by atoms with Crippen molar-refractivity contribution in [3.63, 3.8) is 0 Å². The number of anilines is 1. The number of hydrogen-bond donors (Lipinski definition) is 4. The van der Waals surface area contributed by atoms with Gasteiger partial charge in [-0.05, 0) is 18.1 Å². The molecule has 0 aromatic carbocycles. The Balaban J connectivity index is 2.07. The summed E-state index contributed by atoms with van der Waals surface area (Å²) in [6, 6.07) is 0. The number of H-pyrrole nitrogens is 1. The SMILES string of the molecule is CC(C)C(=O)Nc1nc2c(ncn2[C@@H]2O[C@H](CO)C(O[Si](C)(C)C(C)(C)C)[C@@H]2O[PH](=O)O)c(=O)[nH]1. The van der Waals surface area contributed by atoms with Crippen molar-refractivity contribution in [2.45, 2.75) is 77.3 Å². The van der Waals surface area contributed by atoms with Gasteiger partial charge in [0.25, 0.3) is 5.56 Å². The molecule has 0 saturated carbocycles. The minimum absolute atomic E-state index is 0.0270. The summed E-state index contributed by atoms with van der Waals surface area (Å²) in [6.07, 6.45) is -2.65. The number of fused-ring (bicyclic) bond motifs is 1. The molecule has 15 heteroatoms. The minimum atomic E-state index is -3.44. The fourth-order valence-electron chi connectivity index (χ4n) is 3.41. The molecule has 1 saturated heterocycles. The van der Waals surface area contributed by atoms with Gasteiger partial charge >= 0.3 is 8.25 Å². The van der Waals surface area contributed by atoms with Gasteiger partial charge in [-0.2, -0.15) is 4.98 Å². The Morgan fingerprint density at radius 3 is 2.57 bits per heavy atom. The molecule has 196 valence electrons. The van der Waals surface area contributed by atoms with Crippen LogP contribution in [0.2, 0.25) is 18.1 Å². The van der Waals surface area contributed by atoms with Crippen molar-refractivity contribution in [2.24, 2.45) is 5.92 Å². The number of carbonyl (C=O) groups excluding carboxylic acids is 1. The number of aromatic amines is 1. The molecule has 0 radical (unpaired) electrons. The van der Waals surface area contributed by atoms with Crippen LogP contribution in [-0.4, -0.2) is 68.7 Å². The molecule has 0 aliphatic carbocycles. The van der Waals surface area contributed by atoms with Crippen molar-refractivity contribution < 1.29 is 33.0 Å². The Hall–Kier alpha value is -1.93. The molecule has 1 amide bonds. The molecule has 2 aromatic rings. The lowest BCUT2D eigenvalue weighted by Crippen LogP contribution is -2.50. The van der Waals surface area contributed by atoms with Gasteiger partial charge < -0.3 is 19.2 Å². The Bertz CT molecular complexity index is 1160. The van der Waals surface area contributed by atoms with Crippen molar-refractivity contribution in [3.05, 3.63) is 16.7 Å². The third-order valence-electron chi connectivity index (χ3n) is 6.41. The van der Waals surface area contributed by atoms with Crippen LogP contribution in [0.5, 0.6) is 0 Å². The van der Waals surface area contributed by atoms with Crippen molar-refractivity contribution >= 4 is 39.6 Å². The van der Waals surface area contributed by atoms with E-state index in [1.165, 1.54) is 10.9 Å². The summed E-state index contributed by atoms with van der Waals surface area (Å²) in [7, 11) is -5.87. The molecule has 13 nitrogen and oxygen atoms in total. The van der Waals surface area contributed by atoms with Crippen LogP contribution < -0.4 is 10.9 Å². The topological polar surface area (TPSA) is 178 Å². The first-order chi connectivity index (χ1) is 16.2. The Morgan fingerprint density at radius 1 is 1.37 bits per heavy atom. The fourth-order valence-corrected chi connectivity index (χ4v) is 5.22. The molecule has 0 bridgehead atoms. The van der Waals surface area contributed by atoms with E-state index in [0.717, 1.165) is 0 Å². The van der Waals surface area contributed by atoms with Crippen LogP contribution >= 0.6 is 8.25 Å². The second kappa shape index (κ2) is 10.2. The maximum atomic E-state index is 12.6. The van der Waals surface area contributed by atoms with Crippen LogP contribution in [0.4, 0.5) is 5.95 Å². The smallest absolute Gasteiger partial charge is 0.317 e. The zero-order chi connectivity index (χ0) is 26.3. The number of hydrogen-bond acceptors (Lipinski definition) is 9. The molecule has 5 atom stereocenters. The molecule has 35 heavy (non-hydrogen) atoms. The normalized spacial score (nSPS) is 24.3. The van der Waals surface area contributed by atoms with Gasteiger partial charge in [0, 0.05) is 5.92 Å². The third kappa shape index (κ3) is 5.74. The highest BCUT2D eigenvalue weighted by atomic mass is 31.1. The van der Waals surface area contributed by atoms with E-state index < -0.39 is 53.3 Å². The standard InChI is InChI=1S/C20H34N5O8PSi/c1-10(2)16(27)23-19-22-15-12(17(28)24-19)21-9-25(15)18-14(32-34(29)30)13(11(8-26)31-18)33-35(6,7)20(3,4)5/h9-11,13-14,18,26,34H,8H2,1-7H3,(H,29,30)(H2,22,23,24,27,28)/t11-,13?,14+,18-/m1/s1. The van der Waals surface area contributed by atoms with Crippen molar-refractivity contribution in [1.82, 2.24) is 19.5 Å². The fraction of sp³-hybridized carbons (Fsp3) is 0.700. The average Bonchev–Trinajstić information content (AvgIpc) is 3.28. The van der Waals surface area contributed by atoms with Crippen LogP contribution in [0.25, 0.3) is 11.2 Å². The predicted molar refractivity (Wildman–Crippen MR) is 131 cm³/mol. The number of aliphatic hydroxyl groups is 1. The molecule has 2 aromatic heterocycles. The summed E-state index contributed by atoms with van der Waals surface area (Å²) >= 11 is 0. The molecule has 2 unspecified atom stereocenters. The number of ether oxygens (including phenoxy) is 1. The number of carbonyl (C=O) groups is 1. The number of nitrogens with one attached hydrogen (secondary N) is 2. The Kier molecular flexibility index (Phi) is 8.06. The van der Waals surface area contributed by atoms with Crippen LogP contribution in [0, 0.1) is 5.92 Å². The molecule has 0 spiro atoms. The third-order valence-corrected chi connectivity index (χ3v) is 11.4. The summed E-state index contributed by atoms with van der Waals surface area (Å²) in [5.74, 6) is -0.779. The lowest BCUT2D eigenvalue weighted by molar-refractivity contribution is -0.118. The van der Waals surface area contributed by atoms with Gasteiger partial charge in [0.2, 0.25) is 11.9 Å². The molecule has 1 aliphatic heterocycles. The lowest BCUT2D eigenvalue weighted by atomic mass is 10.1. The largest absolute Gasteiger partial charge is 0.408 e. The van der Waals surface area contributed by atoms with Gasteiger partial charge in [0.1, 0.15) is 18.3 Å². The van der Waals surface area contributed by atoms with Crippen LogP contribution in [0.3, 0.4) is 0 Å². The second-order valence-electron chi connectivity index (χ2n) is 10.3. The molecule has 4 N–H and O–H groups in total. The quantitative estimate of drug-likeness (QED) is 0.290. The van der Waals surface area contributed by atoms with Crippen molar-refractivity contribution in [2.75, 3.05) is 11.9 Å². The van der Waals surface area contributed by atoms with E-state index in [9.17, 15) is 24.2 Å². The maximum Gasteiger partial charge on any atom is 0.317 e. The molecule has 3 heterocycles. The minimum Gasteiger partial charge on any atom is -0.408 e. The summed E-state index contributed by atoms with van der Waals surface area (Å²) < 4.78 is 31.0. The number of amides is 1. The maximum absolute atomic E-state index is 12.6. The summed E-state index contributed by atoms with van der Waals surface area (Å²) in [6.45, 7) is 13.1. The van der Waals surface area contributed by atoms with E-state index in [2.05, 4.69) is 20.3 Å². The first kappa shape index (κ1) is 27.7. The summed E-state index contributed by atoms with van der Waals surface area (Å²) in [5, 5.41) is 12.4. The van der Waals surface area contributed by atoms with Crippen molar-refractivity contribution in [3.8, 4) is 0 Å². The van der Waals surface area contributed by atoms with E-state index in [1.54, 1.807) is 13.8 Å². The van der Waals surface area contributed by atoms with E-state index in [-0.39, 0.29) is 34.0 Å². The monoisotopic (exact) mass is 531 g/mol. The number of aromatic nitrogens is 4. The molecule has 1 aliphatic rings. The van der Waals surface area contributed by atoms with Gasteiger partial charge in [-0.25, -0.2) is 4.98 Å². The Morgan fingerprint density at radius 2 is 2.03 bits per heavy atom. The van der Waals surface area contributed by atoms with E-state index in [1.807, 2.05) is 33.9 Å². The van der Waals surface area contributed by atoms with Crippen LogP contribution in [-0.2, 0) is 23.0 Å². The van der Waals surface area contributed by atoms with E-state index in [4.69, 9.17) is 13.7 Å². The highest BCUT2D eigenvalue weighted by molar-refractivity contribution is 7.32. The lowest BCUT2D eigenvalue weighted by Gasteiger charge is -2.40. The predicted octanol–water partition coefficient (Wildman–Crippen LogP) is 1.76. The highest BCUT2D eigenvalue weighted by Crippen LogP contribution is 2.44. The van der Waals surface area contributed by atoms with E-state index in [0.29, 0.717) is 0 Å². The average molecular weight is 532 g/mol. The number of rotatable bonds is 8. The van der Waals surface area contributed by atoms with E-state index >= 15 is 0 Å². The first-order valence-corrected chi connectivity index (χ1v) is 15.4. The second-order valence-corrected chi connectivity index (χ2v) is 15.8.